The van der Waals surface area contributed by atoms with Gasteiger partial charge in [0.25, 0.3) is 0 Å². The van der Waals surface area contributed by atoms with Crippen LogP contribution in [0.3, 0.4) is 0 Å². The van der Waals surface area contributed by atoms with E-state index in [1.807, 2.05) is 0 Å². The van der Waals surface area contributed by atoms with E-state index in [1.165, 1.54) is 26.4 Å². The fourth-order valence-corrected chi connectivity index (χ4v) is 3.61. The summed E-state index contributed by atoms with van der Waals surface area (Å²) in [4.78, 5) is 24.6. The van der Waals surface area contributed by atoms with Crippen molar-refractivity contribution in [3.05, 3.63) is 28.2 Å². The van der Waals surface area contributed by atoms with Crippen molar-refractivity contribution in [3.63, 3.8) is 0 Å². The zero-order valence-electron chi connectivity index (χ0n) is 15.2. The molecule has 0 heterocycles. The second-order valence-corrected chi connectivity index (χ2v) is 7.63. The molecule has 2 atom stereocenters. The molecule has 26 heavy (non-hydrogen) atoms. The number of nitrogens with one attached hydrogen (secondary N) is 2. The summed E-state index contributed by atoms with van der Waals surface area (Å²) in [6.45, 7) is 1.73. The molecule has 0 spiro atoms. The molecule has 1 aliphatic carbocycles. The SMILES string of the molecule is COC(=O)C(CC1CCCCC1)NC(=O)C(C)Nc1ccc(Cl)c(Cl)c1. The average molecular weight is 401 g/mol. The molecule has 0 bridgehead atoms. The Kier molecular flexibility index (Phi) is 8.04. The average Bonchev–Trinajstić information content (AvgIpc) is 2.64. The molecular weight excluding hydrogens is 375 g/mol. The van der Waals surface area contributed by atoms with E-state index in [9.17, 15) is 9.59 Å². The molecule has 1 aliphatic rings. The molecule has 5 nitrogen and oxygen atoms in total. The van der Waals surface area contributed by atoms with Gasteiger partial charge in [-0.1, -0.05) is 55.3 Å². The molecule has 144 valence electrons. The molecule has 0 aromatic heterocycles. The third kappa shape index (κ3) is 6.06. The number of amides is 1. The molecule has 1 aromatic rings. The number of anilines is 1. The Bertz CT molecular complexity index is 633. The number of hydrogen-bond donors (Lipinski definition) is 2. The Morgan fingerprint density at radius 1 is 1.19 bits per heavy atom. The molecule has 2 rings (SSSR count). The highest BCUT2D eigenvalue weighted by Crippen LogP contribution is 2.28. The van der Waals surface area contributed by atoms with Gasteiger partial charge in [-0.05, 0) is 37.5 Å². The standard InChI is InChI=1S/C19H26Cl2N2O3/c1-12(22-14-8-9-15(20)16(21)11-14)18(24)23-17(19(25)26-2)10-13-6-4-3-5-7-13/h8-9,11-13,17,22H,3-7,10H2,1-2H3,(H,23,24). The van der Waals surface area contributed by atoms with Crippen LogP contribution >= 0.6 is 23.2 Å². The van der Waals surface area contributed by atoms with E-state index in [-0.39, 0.29) is 5.91 Å². The second kappa shape index (κ2) is 10.0. The molecule has 7 heteroatoms. The van der Waals surface area contributed by atoms with E-state index >= 15 is 0 Å². The van der Waals surface area contributed by atoms with Gasteiger partial charge in [0.2, 0.25) is 5.91 Å². The highest BCUT2D eigenvalue weighted by atomic mass is 35.5. The molecule has 1 saturated carbocycles. The lowest BCUT2D eigenvalue weighted by Gasteiger charge is -2.26. The van der Waals surface area contributed by atoms with Crippen molar-refractivity contribution >= 4 is 40.8 Å². The van der Waals surface area contributed by atoms with Crippen molar-refractivity contribution in [3.8, 4) is 0 Å². The minimum absolute atomic E-state index is 0.262. The highest BCUT2D eigenvalue weighted by Gasteiger charge is 2.28. The number of methoxy groups -OCH3 is 1. The zero-order chi connectivity index (χ0) is 19.1. The Hall–Kier alpha value is -1.46. The van der Waals surface area contributed by atoms with Crippen LogP contribution in [0.2, 0.25) is 10.0 Å². The van der Waals surface area contributed by atoms with Crippen LogP contribution in [-0.4, -0.2) is 31.1 Å². The minimum Gasteiger partial charge on any atom is -0.467 e. The second-order valence-electron chi connectivity index (χ2n) is 6.82. The van der Waals surface area contributed by atoms with Gasteiger partial charge in [0.05, 0.1) is 17.2 Å². The van der Waals surface area contributed by atoms with Crippen molar-refractivity contribution in [2.75, 3.05) is 12.4 Å². The molecular formula is C19H26Cl2N2O3. The Balaban J connectivity index is 1.95. The maximum Gasteiger partial charge on any atom is 0.328 e. The van der Waals surface area contributed by atoms with Crippen molar-refractivity contribution in [2.24, 2.45) is 5.92 Å². The summed E-state index contributed by atoms with van der Waals surface area (Å²) < 4.78 is 4.88. The number of esters is 1. The lowest BCUT2D eigenvalue weighted by molar-refractivity contribution is -0.145. The molecule has 0 radical (unpaired) electrons. The van der Waals surface area contributed by atoms with Crippen LogP contribution in [0.1, 0.15) is 45.4 Å². The maximum atomic E-state index is 12.5. The molecule has 0 saturated heterocycles. The molecule has 2 N–H and O–H groups in total. The normalized spacial score (nSPS) is 17.2. The van der Waals surface area contributed by atoms with Gasteiger partial charge in [-0.15, -0.1) is 0 Å². The van der Waals surface area contributed by atoms with Crippen molar-refractivity contribution in [1.82, 2.24) is 5.32 Å². The lowest BCUT2D eigenvalue weighted by Crippen LogP contribution is -2.48. The van der Waals surface area contributed by atoms with Crippen LogP contribution < -0.4 is 10.6 Å². The topological polar surface area (TPSA) is 67.4 Å². The van der Waals surface area contributed by atoms with Gasteiger partial charge in [0.15, 0.2) is 0 Å². The van der Waals surface area contributed by atoms with Crippen LogP contribution in [-0.2, 0) is 14.3 Å². The van der Waals surface area contributed by atoms with E-state index in [2.05, 4.69) is 10.6 Å². The van der Waals surface area contributed by atoms with E-state index in [4.69, 9.17) is 27.9 Å². The van der Waals surface area contributed by atoms with Crippen LogP contribution in [0, 0.1) is 5.92 Å². The van der Waals surface area contributed by atoms with Crippen LogP contribution in [0.15, 0.2) is 18.2 Å². The molecule has 2 unspecified atom stereocenters. The van der Waals surface area contributed by atoms with Gasteiger partial charge >= 0.3 is 5.97 Å². The van der Waals surface area contributed by atoms with Crippen LogP contribution in [0.5, 0.6) is 0 Å². The van der Waals surface area contributed by atoms with Gasteiger partial charge in [0, 0.05) is 5.69 Å². The van der Waals surface area contributed by atoms with Gasteiger partial charge in [0.1, 0.15) is 12.1 Å². The third-order valence-corrected chi connectivity index (χ3v) is 5.53. The lowest BCUT2D eigenvalue weighted by atomic mass is 9.85. The monoisotopic (exact) mass is 400 g/mol. The maximum absolute atomic E-state index is 12.5. The van der Waals surface area contributed by atoms with Crippen LogP contribution in [0.25, 0.3) is 0 Å². The first-order valence-corrected chi connectivity index (χ1v) is 9.76. The predicted octanol–water partition coefficient (Wildman–Crippen LogP) is 4.42. The van der Waals surface area contributed by atoms with Gasteiger partial charge in [-0.3, -0.25) is 4.79 Å². The smallest absolute Gasteiger partial charge is 0.328 e. The molecule has 1 aromatic carbocycles. The van der Waals surface area contributed by atoms with E-state index in [1.54, 1.807) is 25.1 Å². The number of carbonyl (C=O) groups is 2. The van der Waals surface area contributed by atoms with Gasteiger partial charge in [-0.25, -0.2) is 4.79 Å². The quantitative estimate of drug-likeness (QED) is 0.664. The van der Waals surface area contributed by atoms with E-state index in [0.29, 0.717) is 28.1 Å². The first-order chi connectivity index (χ1) is 12.4. The Morgan fingerprint density at radius 2 is 1.88 bits per heavy atom. The summed E-state index contributed by atoms with van der Waals surface area (Å²) in [5.74, 6) is -0.209. The van der Waals surface area contributed by atoms with E-state index in [0.717, 1.165) is 12.8 Å². The minimum atomic E-state index is -0.617. The zero-order valence-corrected chi connectivity index (χ0v) is 16.7. The number of rotatable bonds is 7. The summed E-state index contributed by atoms with van der Waals surface area (Å²) in [6, 6.07) is 3.92. The first kappa shape index (κ1) is 20.8. The van der Waals surface area contributed by atoms with Crippen molar-refractivity contribution in [2.45, 2.75) is 57.5 Å². The van der Waals surface area contributed by atoms with Gasteiger partial charge in [-0.2, -0.15) is 0 Å². The fraction of sp³-hybridized carbons (Fsp3) is 0.579. The first-order valence-electron chi connectivity index (χ1n) is 9.00. The van der Waals surface area contributed by atoms with E-state index < -0.39 is 18.1 Å². The fourth-order valence-electron chi connectivity index (χ4n) is 3.31. The number of halogens is 2. The number of hydrogen-bond acceptors (Lipinski definition) is 4. The number of benzene rings is 1. The molecule has 1 fully saturated rings. The summed E-state index contributed by atoms with van der Waals surface area (Å²) in [6.07, 6.45) is 6.43. The Morgan fingerprint density at radius 3 is 2.50 bits per heavy atom. The summed E-state index contributed by atoms with van der Waals surface area (Å²) in [5, 5.41) is 6.76. The summed E-state index contributed by atoms with van der Waals surface area (Å²) >= 11 is 11.9. The molecule has 0 aliphatic heterocycles. The third-order valence-electron chi connectivity index (χ3n) is 4.79. The van der Waals surface area contributed by atoms with Crippen molar-refractivity contribution < 1.29 is 14.3 Å². The van der Waals surface area contributed by atoms with Crippen molar-refractivity contribution in [1.29, 1.82) is 0 Å². The number of carbonyl (C=O) groups excluding carboxylic acids is 2. The molecule has 1 amide bonds. The summed E-state index contributed by atoms with van der Waals surface area (Å²) in [5.41, 5.74) is 0.684. The van der Waals surface area contributed by atoms with Gasteiger partial charge < -0.3 is 15.4 Å². The summed E-state index contributed by atoms with van der Waals surface area (Å²) in [7, 11) is 1.35. The van der Waals surface area contributed by atoms with Crippen LogP contribution in [0.4, 0.5) is 5.69 Å². The highest BCUT2D eigenvalue weighted by molar-refractivity contribution is 6.42. The Labute approximate surface area is 164 Å². The predicted molar refractivity (Wildman–Crippen MR) is 105 cm³/mol. The number of ether oxygens (including phenoxy) is 1. The largest absolute Gasteiger partial charge is 0.467 e.